The maximum absolute atomic E-state index is 13.4. The van der Waals surface area contributed by atoms with E-state index in [4.69, 9.17) is 9.84 Å². The number of aromatic amines is 1. The van der Waals surface area contributed by atoms with E-state index >= 15 is 0 Å². The van der Waals surface area contributed by atoms with Gasteiger partial charge in [-0.3, -0.25) is 19.4 Å². The molecule has 6 rings (SSSR count). The third-order valence-corrected chi connectivity index (χ3v) is 6.93. The maximum Gasteiger partial charge on any atom is 0.274 e. The minimum Gasteiger partial charge on any atom is -0.378 e. The molecule has 34 heavy (non-hydrogen) atoms. The molecule has 1 N–H and O–H groups in total. The summed E-state index contributed by atoms with van der Waals surface area (Å²) < 4.78 is 7.37. The Morgan fingerprint density at radius 2 is 1.82 bits per heavy atom. The largest absolute Gasteiger partial charge is 0.378 e. The topological polar surface area (TPSA) is 96.3 Å². The van der Waals surface area contributed by atoms with E-state index in [1.807, 2.05) is 28.9 Å². The van der Waals surface area contributed by atoms with Crippen molar-refractivity contribution < 1.29 is 14.3 Å². The Bertz CT molecular complexity index is 1210. The van der Waals surface area contributed by atoms with Gasteiger partial charge in [-0.05, 0) is 24.5 Å². The molecule has 9 heteroatoms. The van der Waals surface area contributed by atoms with E-state index in [1.165, 1.54) is 0 Å². The van der Waals surface area contributed by atoms with Crippen molar-refractivity contribution in [3.05, 3.63) is 70.3 Å². The van der Waals surface area contributed by atoms with Crippen LogP contribution >= 0.6 is 0 Å². The fraction of sp³-hybridized carbons (Fsp3) is 0.440. The SMILES string of the molecule is O=C(c1cc(C2CC2)[nH]n1)N1CCc2c(c(C(=O)N3CCOCC3)nn2Cc2ccccc2)C1. The predicted molar refractivity (Wildman–Crippen MR) is 124 cm³/mol. The number of amides is 2. The molecular formula is C25H28N6O3. The highest BCUT2D eigenvalue weighted by molar-refractivity contribution is 5.95. The number of benzene rings is 1. The molecule has 0 unspecified atom stereocenters. The van der Waals surface area contributed by atoms with Crippen LogP contribution in [0.5, 0.6) is 0 Å². The van der Waals surface area contributed by atoms with E-state index in [0.717, 1.165) is 35.4 Å². The van der Waals surface area contributed by atoms with E-state index in [1.54, 1.807) is 9.80 Å². The van der Waals surface area contributed by atoms with Crippen LogP contribution in [0.1, 0.15) is 62.3 Å². The molecular weight excluding hydrogens is 432 g/mol. The second kappa shape index (κ2) is 8.72. The zero-order valence-electron chi connectivity index (χ0n) is 19.1. The van der Waals surface area contributed by atoms with E-state index in [-0.39, 0.29) is 11.8 Å². The van der Waals surface area contributed by atoms with Crippen LogP contribution < -0.4 is 0 Å². The summed E-state index contributed by atoms with van der Waals surface area (Å²) in [7, 11) is 0. The Kier molecular flexibility index (Phi) is 5.41. The molecule has 9 nitrogen and oxygen atoms in total. The summed E-state index contributed by atoms with van der Waals surface area (Å²) >= 11 is 0. The van der Waals surface area contributed by atoms with Crippen molar-refractivity contribution in [2.45, 2.75) is 38.3 Å². The summed E-state index contributed by atoms with van der Waals surface area (Å²) in [6.45, 7) is 3.70. The Morgan fingerprint density at radius 3 is 2.59 bits per heavy atom. The van der Waals surface area contributed by atoms with Crippen LogP contribution in [0.25, 0.3) is 0 Å². The molecule has 0 bridgehead atoms. The quantitative estimate of drug-likeness (QED) is 0.630. The number of morpholine rings is 1. The Morgan fingerprint density at radius 1 is 1.03 bits per heavy atom. The lowest BCUT2D eigenvalue weighted by Gasteiger charge is -2.29. The molecule has 0 spiro atoms. The van der Waals surface area contributed by atoms with Gasteiger partial charge in [0, 0.05) is 48.9 Å². The van der Waals surface area contributed by atoms with Gasteiger partial charge in [0.1, 0.15) is 5.69 Å². The number of nitrogens with one attached hydrogen (secondary N) is 1. The van der Waals surface area contributed by atoms with Crippen molar-refractivity contribution in [2.75, 3.05) is 32.8 Å². The average molecular weight is 461 g/mol. The summed E-state index contributed by atoms with van der Waals surface area (Å²) in [5, 5.41) is 12.1. The van der Waals surface area contributed by atoms with Crippen molar-refractivity contribution in [2.24, 2.45) is 0 Å². The normalized spacial score (nSPS) is 18.1. The van der Waals surface area contributed by atoms with Gasteiger partial charge in [0.05, 0.1) is 26.3 Å². The number of hydrogen-bond acceptors (Lipinski definition) is 5. The first kappa shape index (κ1) is 21.1. The first-order valence-corrected chi connectivity index (χ1v) is 12.0. The summed E-state index contributed by atoms with van der Waals surface area (Å²) in [5.74, 6) is 0.321. The van der Waals surface area contributed by atoms with Crippen LogP contribution in [-0.2, 0) is 24.2 Å². The zero-order chi connectivity index (χ0) is 23.1. The van der Waals surface area contributed by atoms with Gasteiger partial charge >= 0.3 is 0 Å². The van der Waals surface area contributed by atoms with Crippen molar-refractivity contribution >= 4 is 11.8 Å². The predicted octanol–water partition coefficient (Wildman–Crippen LogP) is 2.20. The number of nitrogens with zero attached hydrogens (tertiary/aromatic N) is 5. The Labute approximate surface area is 197 Å². The molecule has 1 saturated heterocycles. The number of fused-ring (bicyclic) bond motifs is 1. The third-order valence-electron chi connectivity index (χ3n) is 6.93. The van der Waals surface area contributed by atoms with Crippen LogP contribution in [0.15, 0.2) is 36.4 Å². The molecule has 2 aliphatic heterocycles. The molecule has 2 fully saturated rings. The second-order valence-electron chi connectivity index (χ2n) is 9.28. The van der Waals surface area contributed by atoms with Gasteiger partial charge in [0.15, 0.2) is 5.69 Å². The Balaban J connectivity index is 1.30. The molecule has 0 radical (unpaired) electrons. The van der Waals surface area contributed by atoms with Gasteiger partial charge in [-0.2, -0.15) is 10.2 Å². The molecule has 1 aliphatic carbocycles. The van der Waals surface area contributed by atoms with E-state index in [2.05, 4.69) is 22.3 Å². The highest BCUT2D eigenvalue weighted by Gasteiger charge is 2.34. The van der Waals surface area contributed by atoms with Crippen LogP contribution in [0.4, 0.5) is 0 Å². The van der Waals surface area contributed by atoms with E-state index in [0.29, 0.717) is 69.7 Å². The highest BCUT2D eigenvalue weighted by atomic mass is 16.5. The van der Waals surface area contributed by atoms with Gasteiger partial charge in [-0.1, -0.05) is 30.3 Å². The van der Waals surface area contributed by atoms with Crippen molar-refractivity contribution in [3.8, 4) is 0 Å². The fourth-order valence-corrected chi connectivity index (χ4v) is 4.85. The summed E-state index contributed by atoms with van der Waals surface area (Å²) in [6.07, 6.45) is 2.95. The van der Waals surface area contributed by atoms with Gasteiger partial charge in [0.25, 0.3) is 11.8 Å². The van der Waals surface area contributed by atoms with E-state index < -0.39 is 0 Å². The van der Waals surface area contributed by atoms with Gasteiger partial charge in [-0.15, -0.1) is 0 Å². The molecule has 2 aromatic heterocycles. The number of hydrogen-bond donors (Lipinski definition) is 1. The summed E-state index contributed by atoms with van der Waals surface area (Å²) in [4.78, 5) is 30.3. The standard InChI is InChI=1S/C25H28N6O3/c32-24(21-14-20(26-27-21)18-6-7-18)30-9-8-22-19(16-30)23(25(33)29-10-12-34-13-11-29)28-31(22)15-17-4-2-1-3-5-17/h1-5,14,18H,6-13,15-16H2,(H,26,27). The van der Waals surface area contributed by atoms with Gasteiger partial charge < -0.3 is 14.5 Å². The molecule has 3 aliphatic rings. The minimum absolute atomic E-state index is 0.0866. The first-order chi connectivity index (χ1) is 16.7. The first-order valence-electron chi connectivity index (χ1n) is 12.0. The Hall–Kier alpha value is -3.46. The molecule has 176 valence electrons. The van der Waals surface area contributed by atoms with Gasteiger partial charge in [-0.25, -0.2) is 0 Å². The van der Waals surface area contributed by atoms with E-state index in [9.17, 15) is 9.59 Å². The zero-order valence-corrected chi connectivity index (χ0v) is 19.1. The molecule has 1 aromatic carbocycles. The molecule has 3 aromatic rings. The van der Waals surface area contributed by atoms with Gasteiger partial charge in [0.2, 0.25) is 0 Å². The van der Waals surface area contributed by atoms with Crippen LogP contribution in [0.3, 0.4) is 0 Å². The molecule has 2 amide bonds. The second-order valence-corrected chi connectivity index (χ2v) is 9.28. The van der Waals surface area contributed by atoms with Crippen LogP contribution in [0, 0.1) is 0 Å². The fourth-order valence-electron chi connectivity index (χ4n) is 4.85. The highest BCUT2D eigenvalue weighted by Crippen LogP contribution is 2.39. The molecule has 4 heterocycles. The minimum atomic E-state index is -0.102. The third kappa shape index (κ3) is 4.00. The van der Waals surface area contributed by atoms with Crippen LogP contribution in [-0.4, -0.2) is 74.4 Å². The van der Waals surface area contributed by atoms with Crippen molar-refractivity contribution in [1.29, 1.82) is 0 Å². The average Bonchev–Trinajstić information content (AvgIpc) is 3.51. The molecule has 1 saturated carbocycles. The molecule has 0 atom stereocenters. The number of aromatic nitrogens is 4. The number of H-pyrrole nitrogens is 1. The lowest BCUT2D eigenvalue weighted by atomic mass is 10.0. The van der Waals surface area contributed by atoms with Crippen molar-refractivity contribution in [3.63, 3.8) is 0 Å². The lowest BCUT2D eigenvalue weighted by molar-refractivity contribution is 0.0296. The number of carbonyl (C=O) groups is 2. The maximum atomic E-state index is 13.4. The number of ether oxygens (including phenoxy) is 1. The number of carbonyl (C=O) groups excluding carboxylic acids is 2. The smallest absolute Gasteiger partial charge is 0.274 e. The van der Waals surface area contributed by atoms with Crippen molar-refractivity contribution in [1.82, 2.24) is 29.8 Å². The monoisotopic (exact) mass is 460 g/mol. The summed E-state index contributed by atoms with van der Waals surface area (Å²) in [6, 6.07) is 12.0. The van der Waals surface area contributed by atoms with Crippen LogP contribution in [0.2, 0.25) is 0 Å². The summed E-state index contributed by atoms with van der Waals surface area (Å²) in [5.41, 5.74) is 4.95. The number of rotatable bonds is 5. The lowest BCUT2D eigenvalue weighted by Crippen LogP contribution is -2.42.